The van der Waals surface area contributed by atoms with Gasteiger partial charge >= 0.3 is 17.9 Å². The molecule has 9 atom stereocenters. The number of nitrogens with zero attached hydrogens (tertiary/aromatic N) is 1. The van der Waals surface area contributed by atoms with Crippen molar-refractivity contribution in [1.29, 1.82) is 5.41 Å². The van der Waals surface area contributed by atoms with Crippen molar-refractivity contribution in [3.63, 3.8) is 0 Å². The molecule has 2 aromatic rings. The summed E-state index contributed by atoms with van der Waals surface area (Å²) in [5.74, 6) is -16.8. The van der Waals surface area contributed by atoms with Crippen LogP contribution in [-0.4, -0.2) is 219 Å². The van der Waals surface area contributed by atoms with Crippen molar-refractivity contribution in [3.8, 4) is 0 Å². The third kappa shape index (κ3) is 29.9. The lowest BCUT2D eigenvalue weighted by molar-refractivity contribution is -0.142. The number of aliphatic hydroxyl groups excluding tert-OH is 1. The number of H-pyrrole nitrogens is 1. The fraction of sp³-hybridized carbons (Fsp3) is 0.528. The molecule has 37 nitrogen and oxygen atoms in total. The molecule has 0 radical (unpaired) electrons. The number of aromatic nitrogens is 2. The predicted molar refractivity (Wildman–Crippen MR) is 312 cm³/mol. The van der Waals surface area contributed by atoms with E-state index in [2.05, 4.69) is 79.1 Å². The third-order valence-corrected chi connectivity index (χ3v) is 12.7. The van der Waals surface area contributed by atoms with Gasteiger partial charge in [0.25, 0.3) is 0 Å². The molecule has 1 heterocycles. The van der Waals surface area contributed by atoms with Crippen molar-refractivity contribution in [3.05, 3.63) is 54.1 Å². The summed E-state index contributed by atoms with van der Waals surface area (Å²) in [4.78, 5) is 198. The SMILES string of the molecule is CC(C)[C@H](NC(=O)CNC(=O)[C@H](CO)NC(=O)[C@H](C)NC(=O)CNC(=O)[C@H](CCC(=O)O)NC(=O)[C@H](CCC(=O)O)NC(=O)CNC(=O)[C@@H](N)Cc1c[nH]cn1)C(=O)N[C@@H](CCCNC(=N)N)C(=O)NCC(=O)N[C@@H](C)C(=O)N[C@@H](Cc1ccccc1)C(=O)O. The van der Waals surface area contributed by atoms with Gasteiger partial charge in [-0.05, 0) is 51.0 Å². The van der Waals surface area contributed by atoms with E-state index in [9.17, 15) is 92.3 Å². The minimum Gasteiger partial charge on any atom is -0.481 e. The summed E-state index contributed by atoms with van der Waals surface area (Å²) in [6.07, 6.45) is 0.382. The maximum Gasteiger partial charge on any atom is 0.326 e. The highest BCUT2D eigenvalue weighted by molar-refractivity contribution is 5.98. The van der Waals surface area contributed by atoms with Gasteiger partial charge in [0, 0.05) is 38.4 Å². The first kappa shape index (κ1) is 75.8. The molecule has 37 heteroatoms. The second-order valence-corrected chi connectivity index (χ2v) is 20.5. The number of nitrogens with one attached hydrogen (secondary N) is 15. The molecule has 1 aromatic heterocycles. The van der Waals surface area contributed by atoms with E-state index in [4.69, 9.17) is 16.9 Å². The summed E-state index contributed by atoms with van der Waals surface area (Å²) in [7, 11) is 0. The van der Waals surface area contributed by atoms with Gasteiger partial charge < -0.3 is 106 Å². The van der Waals surface area contributed by atoms with E-state index in [1.54, 1.807) is 30.3 Å². The average molecular weight is 1270 g/mol. The summed E-state index contributed by atoms with van der Waals surface area (Å²) in [5.41, 5.74) is 12.3. The van der Waals surface area contributed by atoms with E-state index in [0.29, 0.717) is 11.3 Å². The fourth-order valence-electron chi connectivity index (χ4n) is 7.85. The Balaban J connectivity index is 1.99. The van der Waals surface area contributed by atoms with Gasteiger partial charge in [-0.1, -0.05) is 44.2 Å². The van der Waals surface area contributed by atoms with E-state index in [1.165, 1.54) is 33.3 Å². The molecule has 2 rings (SSSR count). The number of benzene rings is 1. The van der Waals surface area contributed by atoms with Crippen LogP contribution in [0.25, 0.3) is 0 Å². The molecular formula is C53H80N18O19. The first-order valence-corrected chi connectivity index (χ1v) is 28.0. The zero-order valence-electron chi connectivity index (χ0n) is 49.7. The van der Waals surface area contributed by atoms with Crippen molar-refractivity contribution in [2.45, 2.75) is 133 Å². The summed E-state index contributed by atoms with van der Waals surface area (Å²) in [6, 6.07) is -4.51. The summed E-state index contributed by atoms with van der Waals surface area (Å²) >= 11 is 0. The topological polar surface area (TPSA) is 598 Å². The van der Waals surface area contributed by atoms with Crippen LogP contribution in [0, 0.1) is 11.3 Å². The Morgan fingerprint density at radius 1 is 0.522 bits per heavy atom. The van der Waals surface area contributed by atoms with Gasteiger partial charge in [-0.25, -0.2) is 9.78 Å². The highest BCUT2D eigenvalue weighted by Gasteiger charge is 2.33. The third-order valence-electron chi connectivity index (χ3n) is 12.7. The molecule has 0 saturated carbocycles. The standard InChI is InChI=1S/C53H80N18O19/c1-26(2)43(51(88)68-32(11-8-16-58-53(55)56)47(84)60-20-37(73)64-27(3)44(81)69-35(52(89)90)17-29-9-6-5-7-10-29)71-40(76)23-62-49(86)36(24-72)70-45(82)28(4)65-38(74)21-61-48(85)33(12-14-41(77)78)67-50(87)34(13-15-42(79)80)66-39(75)22-59-46(83)31(54)18-30-19-57-25-63-30/h5-7,9-10,19,25-28,31-36,43,72H,8,11-18,20-24,54H2,1-4H3,(H,57,63)(H,59,83)(H,60,84)(H,61,85)(H,62,86)(H,64,73)(H,65,74)(H,66,75)(H,67,87)(H,68,88)(H,69,81)(H,70,82)(H,71,76)(H,77,78)(H,79,80)(H,89,90)(H4,55,56,58)/t27-,28-,31-,32-,33-,34-,35-,36-,43-/m0/s1. The number of hydrogen-bond acceptors (Lipinski definition) is 19. The van der Waals surface area contributed by atoms with Crippen molar-refractivity contribution in [2.24, 2.45) is 17.4 Å². The minimum absolute atomic E-state index is 0.00568. The van der Waals surface area contributed by atoms with E-state index in [1.807, 2.05) is 0 Å². The van der Waals surface area contributed by atoms with Crippen LogP contribution in [0.5, 0.6) is 0 Å². The van der Waals surface area contributed by atoms with E-state index in [-0.39, 0.29) is 38.2 Å². The van der Waals surface area contributed by atoms with E-state index >= 15 is 0 Å². The lowest BCUT2D eigenvalue weighted by Gasteiger charge is -2.26. The van der Waals surface area contributed by atoms with Crippen LogP contribution in [-0.2, 0) is 84.8 Å². The highest BCUT2D eigenvalue weighted by Crippen LogP contribution is 2.08. The molecule has 0 aliphatic heterocycles. The number of carboxylic acid groups (broad SMARTS) is 3. The zero-order chi connectivity index (χ0) is 67.6. The monoisotopic (exact) mass is 1270 g/mol. The minimum atomic E-state index is -1.74. The largest absolute Gasteiger partial charge is 0.481 e. The van der Waals surface area contributed by atoms with Crippen LogP contribution in [0.4, 0.5) is 0 Å². The fourth-order valence-corrected chi connectivity index (χ4v) is 7.85. The maximum atomic E-state index is 13.7. The first-order valence-electron chi connectivity index (χ1n) is 28.0. The van der Waals surface area contributed by atoms with Gasteiger partial charge in [0.05, 0.1) is 50.8 Å². The Bertz CT molecular complexity index is 2840. The van der Waals surface area contributed by atoms with E-state index in [0.717, 1.165) is 6.92 Å². The van der Waals surface area contributed by atoms with E-state index < -0.39 is 208 Å². The molecule has 0 unspecified atom stereocenters. The molecule has 0 aliphatic rings. The number of hydrogen-bond donors (Lipinski definition) is 21. The number of rotatable bonds is 41. The molecule has 0 fully saturated rings. The summed E-state index contributed by atoms with van der Waals surface area (Å²) < 4.78 is 0. The van der Waals surface area contributed by atoms with Gasteiger partial charge in [-0.2, -0.15) is 0 Å². The number of carbonyl (C=O) groups excluding carboxylic acids is 12. The van der Waals surface area contributed by atoms with Crippen molar-refractivity contribution in [2.75, 3.05) is 39.3 Å². The molecule has 23 N–H and O–H groups in total. The zero-order valence-corrected chi connectivity index (χ0v) is 49.7. The van der Waals surface area contributed by atoms with Gasteiger partial charge in [-0.3, -0.25) is 72.5 Å². The van der Waals surface area contributed by atoms with Crippen LogP contribution < -0.4 is 80.6 Å². The summed E-state index contributed by atoms with van der Waals surface area (Å²) in [6.45, 7) is 1.39. The Morgan fingerprint density at radius 2 is 0.967 bits per heavy atom. The molecule has 0 aliphatic carbocycles. The molecule has 90 heavy (non-hydrogen) atoms. The highest BCUT2D eigenvalue weighted by atomic mass is 16.4. The molecule has 0 bridgehead atoms. The smallest absolute Gasteiger partial charge is 0.326 e. The molecule has 496 valence electrons. The van der Waals surface area contributed by atoms with Crippen LogP contribution in [0.2, 0.25) is 0 Å². The average Bonchev–Trinajstić information content (AvgIpc) is 3.21. The van der Waals surface area contributed by atoms with Crippen LogP contribution in [0.1, 0.15) is 77.5 Å². The van der Waals surface area contributed by atoms with Gasteiger partial charge in [0.1, 0.15) is 48.3 Å². The number of aromatic amines is 1. The van der Waals surface area contributed by atoms with Crippen LogP contribution in [0.3, 0.4) is 0 Å². The second kappa shape index (κ2) is 39.5. The number of carbonyl (C=O) groups is 15. The van der Waals surface area contributed by atoms with Gasteiger partial charge in [0.15, 0.2) is 5.96 Å². The Kier molecular flexibility index (Phi) is 33.2. The molecular weight excluding hydrogens is 1190 g/mol. The lowest BCUT2D eigenvalue weighted by Crippen LogP contribution is -2.58. The van der Waals surface area contributed by atoms with Crippen molar-refractivity contribution >= 4 is 94.8 Å². The lowest BCUT2D eigenvalue weighted by atomic mass is 10.0. The molecule has 12 amide bonds. The number of guanidine groups is 1. The quantitative estimate of drug-likeness (QED) is 0.0167. The Morgan fingerprint density at radius 3 is 1.43 bits per heavy atom. The van der Waals surface area contributed by atoms with Crippen molar-refractivity contribution < 1.29 is 92.3 Å². The molecule has 0 saturated heterocycles. The maximum absolute atomic E-state index is 13.7. The van der Waals surface area contributed by atoms with Gasteiger partial charge in [0.2, 0.25) is 70.9 Å². The normalized spacial score (nSPS) is 13.8. The number of aliphatic hydroxyl groups is 1. The number of amides is 12. The second-order valence-electron chi connectivity index (χ2n) is 20.5. The summed E-state index contributed by atoms with van der Waals surface area (Å²) in [5, 5.41) is 75.5. The number of imidazole rings is 1. The van der Waals surface area contributed by atoms with Crippen LogP contribution >= 0.6 is 0 Å². The Labute approximate surface area is 514 Å². The first-order chi connectivity index (χ1) is 42.4. The number of nitrogens with two attached hydrogens (primary N) is 2. The predicted octanol–water partition coefficient (Wildman–Crippen LogP) is -8.37. The van der Waals surface area contributed by atoms with Crippen LogP contribution in [0.15, 0.2) is 42.9 Å². The van der Waals surface area contributed by atoms with Gasteiger partial charge in [-0.15, -0.1) is 0 Å². The molecule has 1 aromatic carbocycles. The van der Waals surface area contributed by atoms with Crippen molar-refractivity contribution in [1.82, 2.24) is 79.1 Å². The number of carboxylic acids is 3. The molecule has 0 spiro atoms. The Hall–Kier alpha value is -10.3. The number of aliphatic carboxylic acids is 3.